The number of halogens is 1. The SMILES string of the molecule is CC(C)c1nccn1C(C)C(=O)Nc1ccc(Cl)c(N)c1. The van der Waals surface area contributed by atoms with Crippen LogP contribution in [0.4, 0.5) is 11.4 Å². The van der Waals surface area contributed by atoms with Gasteiger partial charge in [-0.1, -0.05) is 25.4 Å². The number of nitrogens with one attached hydrogen (secondary N) is 1. The summed E-state index contributed by atoms with van der Waals surface area (Å²) < 4.78 is 1.87. The summed E-state index contributed by atoms with van der Waals surface area (Å²) in [6.07, 6.45) is 3.52. The Labute approximate surface area is 129 Å². The second-order valence-electron chi connectivity index (χ2n) is 5.25. The van der Waals surface area contributed by atoms with E-state index in [-0.39, 0.29) is 17.9 Å². The Morgan fingerprint density at radius 1 is 1.38 bits per heavy atom. The van der Waals surface area contributed by atoms with E-state index in [9.17, 15) is 4.79 Å². The maximum absolute atomic E-state index is 12.3. The van der Waals surface area contributed by atoms with Crippen molar-refractivity contribution in [2.75, 3.05) is 11.1 Å². The van der Waals surface area contributed by atoms with E-state index in [1.165, 1.54) is 0 Å². The Balaban J connectivity index is 2.15. The first-order valence-electron chi connectivity index (χ1n) is 6.78. The molecule has 2 rings (SSSR count). The fraction of sp³-hybridized carbons (Fsp3) is 0.333. The van der Waals surface area contributed by atoms with Gasteiger partial charge in [-0.2, -0.15) is 0 Å². The molecule has 2 aromatic rings. The van der Waals surface area contributed by atoms with Gasteiger partial charge in [-0.05, 0) is 25.1 Å². The van der Waals surface area contributed by atoms with Crippen molar-refractivity contribution in [3.63, 3.8) is 0 Å². The molecule has 3 N–H and O–H groups in total. The van der Waals surface area contributed by atoms with Gasteiger partial charge in [0.2, 0.25) is 5.91 Å². The number of nitrogen functional groups attached to an aromatic ring is 1. The lowest BCUT2D eigenvalue weighted by atomic mass is 10.2. The Kier molecular flexibility index (Phi) is 4.53. The van der Waals surface area contributed by atoms with E-state index in [1.54, 1.807) is 24.4 Å². The largest absolute Gasteiger partial charge is 0.397 e. The van der Waals surface area contributed by atoms with Gasteiger partial charge in [-0.15, -0.1) is 0 Å². The maximum atomic E-state index is 12.3. The van der Waals surface area contributed by atoms with Crippen LogP contribution >= 0.6 is 11.6 Å². The highest BCUT2D eigenvalue weighted by Gasteiger charge is 2.19. The van der Waals surface area contributed by atoms with E-state index < -0.39 is 0 Å². The highest BCUT2D eigenvalue weighted by atomic mass is 35.5. The van der Waals surface area contributed by atoms with Crippen LogP contribution in [-0.2, 0) is 4.79 Å². The summed E-state index contributed by atoms with van der Waals surface area (Å²) in [6, 6.07) is 4.67. The zero-order valence-electron chi connectivity index (χ0n) is 12.3. The number of imidazole rings is 1. The van der Waals surface area contributed by atoms with Crippen LogP contribution in [0.15, 0.2) is 30.6 Å². The molecule has 1 atom stereocenters. The molecule has 1 heterocycles. The number of rotatable bonds is 4. The molecule has 1 unspecified atom stereocenters. The quantitative estimate of drug-likeness (QED) is 0.850. The average Bonchev–Trinajstić information content (AvgIpc) is 2.91. The molecule has 0 fully saturated rings. The standard InChI is InChI=1S/C15H19ClN4O/c1-9(2)14-18-6-7-20(14)10(3)15(21)19-11-4-5-12(16)13(17)8-11/h4-10H,17H2,1-3H3,(H,19,21). The van der Waals surface area contributed by atoms with Crippen molar-refractivity contribution in [3.05, 3.63) is 41.4 Å². The van der Waals surface area contributed by atoms with E-state index in [0.29, 0.717) is 16.4 Å². The number of nitrogens with zero attached hydrogens (tertiary/aromatic N) is 2. The number of aromatic nitrogens is 2. The second-order valence-corrected chi connectivity index (χ2v) is 5.66. The molecule has 112 valence electrons. The van der Waals surface area contributed by atoms with Crippen molar-refractivity contribution in [2.24, 2.45) is 0 Å². The summed E-state index contributed by atoms with van der Waals surface area (Å²) in [4.78, 5) is 16.6. The maximum Gasteiger partial charge on any atom is 0.247 e. The Bertz CT molecular complexity index is 651. The number of benzene rings is 1. The molecule has 1 amide bonds. The zero-order chi connectivity index (χ0) is 15.6. The number of carbonyl (C=O) groups is 1. The third-order valence-electron chi connectivity index (χ3n) is 3.28. The monoisotopic (exact) mass is 306 g/mol. The van der Waals surface area contributed by atoms with Crippen molar-refractivity contribution in [3.8, 4) is 0 Å². The first-order valence-corrected chi connectivity index (χ1v) is 7.16. The van der Waals surface area contributed by atoms with E-state index in [4.69, 9.17) is 17.3 Å². The summed E-state index contributed by atoms with van der Waals surface area (Å²) in [6.45, 7) is 5.93. The van der Waals surface area contributed by atoms with Gasteiger partial charge in [0.1, 0.15) is 11.9 Å². The third kappa shape index (κ3) is 3.36. The summed E-state index contributed by atoms with van der Waals surface area (Å²) in [7, 11) is 0. The van der Waals surface area contributed by atoms with Crippen LogP contribution in [0.5, 0.6) is 0 Å². The molecule has 0 aliphatic rings. The van der Waals surface area contributed by atoms with Gasteiger partial charge in [0, 0.05) is 24.0 Å². The lowest BCUT2D eigenvalue weighted by Gasteiger charge is -2.18. The minimum atomic E-state index is -0.359. The van der Waals surface area contributed by atoms with Crippen LogP contribution in [0.3, 0.4) is 0 Å². The normalized spacial score (nSPS) is 12.4. The fourth-order valence-corrected chi connectivity index (χ4v) is 2.21. The summed E-state index contributed by atoms with van der Waals surface area (Å²) >= 11 is 5.87. The third-order valence-corrected chi connectivity index (χ3v) is 3.62. The highest BCUT2D eigenvalue weighted by molar-refractivity contribution is 6.33. The number of anilines is 2. The molecule has 0 aliphatic heterocycles. The van der Waals surface area contributed by atoms with Gasteiger partial charge in [-0.3, -0.25) is 4.79 Å². The second kappa shape index (κ2) is 6.18. The first-order chi connectivity index (χ1) is 9.90. The minimum absolute atomic E-state index is 0.128. The van der Waals surface area contributed by atoms with Crippen LogP contribution in [-0.4, -0.2) is 15.5 Å². The highest BCUT2D eigenvalue weighted by Crippen LogP contribution is 2.23. The number of hydrogen-bond donors (Lipinski definition) is 2. The molecule has 1 aromatic carbocycles. The van der Waals surface area contributed by atoms with E-state index in [2.05, 4.69) is 10.3 Å². The lowest BCUT2D eigenvalue weighted by Crippen LogP contribution is -2.25. The smallest absolute Gasteiger partial charge is 0.247 e. The van der Waals surface area contributed by atoms with Crippen LogP contribution in [0.2, 0.25) is 5.02 Å². The number of nitrogens with two attached hydrogens (primary N) is 1. The summed E-state index contributed by atoms with van der Waals surface area (Å²) in [5.41, 5.74) is 6.80. The number of carbonyl (C=O) groups excluding carboxylic acids is 1. The predicted octanol–water partition coefficient (Wildman–Crippen LogP) is 3.44. The van der Waals surface area contributed by atoms with Crippen LogP contribution < -0.4 is 11.1 Å². The molecule has 21 heavy (non-hydrogen) atoms. The van der Waals surface area contributed by atoms with Gasteiger partial charge in [0.05, 0.1) is 10.7 Å². The molecule has 1 aromatic heterocycles. The first kappa shape index (κ1) is 15.4. The number of amides is 1. The van der Waals surface area contributed by atoms with E-state index in [0.717, 1.165) is 5.82 Å². The van der Waals surface area contributed by atoms with Crippen molar-refractivity contribution < 1.29 is 4.79 Å². The molecule has 0 saturated carbocycles. The summed E-state index contributed by atoms with van der Waals surface area (Å²) in [5, 5.41) is 3.31. The lowest BCUT2D eigenvalue weighted by molar-refractivity contribution is -0.118. The van der Waals surface area contributed by atoms with Crippen LogP contribution in [0, 0.1) is 0 Å². The zero-order valence-corrected chi connectivity index (χ0v) is 13.1. The molecule has 5 nitrogen and oxygen atoms in total. The Morgan fingerprint density at radius 3 is 2.71 bits per heavy atom. The van der Waals surface area contributed by atoms with Crippen molar-refractivity contribution in [1.82, 2.24) is 9.55 Å². The minimum Gasteiger partial charge on any atom is -0.397 e. The van der Waals surface area contributed by atoms with Gasteiger partial charge >= 0.3 is 0 Å². The molecule has 0 spiro atoms. The van der Waals surface area contributed by atoms with Crippen LogP contribution in [0.1, 0.15) is 38.6 Å². The molecule has 6 heteroatoms. The molecular weight excluding hydrogens is 288 g/mol. The predicted molar refractivity (Wildman–Crippen MR) is 85.5 cm³/mol. The molecule has 0 bridgehead atoms. The van der Waals surface area contributed by atoms with Crippen molar-refractivity contribution in [1.29, 1.82) is 0 Å². The molecule has 0 saturated heterocycles. The Hall–Kier alpha value is -2.01. The number of hydrogen-bond acceptors (Lipinski definition) is 3. The summed E-state index contributed by atoms with van der Waals surface area (Å²) in [5.74, 6) is 1.01. The average molecular weight is 307 g/mol. The van der Waals surface area contributed by atoms with Crippen molar-refractivity contribution >= 4 is 28.9 Å². The van der Waals surface area contributed by atoms with Gasteiger partial charge in [-0.25, -0.2) is 4.98 Å². The van der Waals surface area contributed by atoms with E-state index >= 15 is 0 Å². The van der Waals surface area contributed by atoms with Crippen LogP contribution in [0.25, 0.3) is 0 Å². The molecular formula is C15H19ClN4O. The molecule has 0 radical (unpaired) electrons. The van der Waals surface area contributed by atoms with Crippen molar-refractivity contribution in [2.45, 2.75) is 32.7 Å². The van der Waals surface area contributed by atoms with Gasteiger partial charge < -0.3 is 15.6 Å². The van der Waals surface area contributed by atoms with E-state index in [1.807, 2.05) is 31.5 Å². The topological polar surface area (TPSA) is 72.9 Å². The fourth-order valence-electron chi connectivity index (χ4n) is 2.09. The van der Waals surface area contributed by atoms with Gasteiger partial charge in [0.25, 0.3) is 0 Å². The Morgan fingerprint density at radius 2 is 2.10 bits per heavy atom. The van der Waals surface area contributed by atoms with Gasteiger partial charge in [0.15, 0.2) is 0 Å². The molecule has 0 aliphatic carbocycles.